The predicted octanol–water partition coefficient (Wildman–Crippen LogP) is 4.53. The Morgan fingerprint density at radius 3 is 2.45 bits per heavy atom. The molecule has 0 aliphatic rings. The lowest BCUT2D eigenvalue weighted by atomic mass is 10.1. The molecule has 0 aliphatic carbocycles. The largest absolute Gasteiger partial charge is 0.462 e. The van der Waals surface area contributed by atoms with Crippen LogP contribution in [0.4, 0.5) is 5.69 Å². The van der Waals surface area contributed by atoms with Crippen LogP contribution in [-0.2, 0) is 20.7 Å². The monoisotopic (exact) mass is 397 g/mol. The summed E-state index contributed by atoms with van der Waals surface area (Å²) >= 11 is 0. The van der Waals surface area contributed by atoms with E-state index in [2.05, 4.69) is 18.5 Å². The van der Waals surface area contributed by atoms with Gasteiger partial charge in [0.05, 0.1) is 6.61 Å². The van der Waals surface area contributed by atoms with E-state index < -0.39 is 0 Å². The standard InChI is InChI=1S/C23H27NO5/c1-15(2)21(25)24-19-11-10-17-13-18(23(27)29-20(17)14-19)9-7-5-6-8-12-28-22(26)16(3)4/h10-11,13-14H,1,3,5-9,12H2,2,4H3,(H,24,25). The number of fused-ring (bicyclic) bond motifs is 1. The molecule has 0 spiro atoms. The normalized spacial score (nSPS) is 10.6. The van der Waals surface area contributed by atoms with Crippen molar-refractivity contribution in [3.05, 3.63) is 64.6 Å². The van der Waals surface area contributed by atoms with Crippen LogP contribution >= 0.6 is 0 Å². The molecule has 1 heterocycles. The maximum Gasteiger partial charge on any atom is 0.339 e. The summed E-state index contributed by atoms with van der Waals surface area (Å²) in [6, 6.07) is 7.04. The molecule has 29 heavy (non-hydrogen) atoms. The molecule has 1 aromatic heterocycles. The van der Waals surface area contributed by atoms with Gasteiger partial charge < -0.3 is 14.5 Å². The zero-order valence-corrected chi connectivity index (χ0v) is 17.0. The van der Waals surface area contributed by atoms with Crippen LogP contribution in [0.5, 0.6) is 0 Å². The van der Waals surface area contributed by atoms with Crippen LogP contribution in [0.15, 0.2) is 57.8 Å². The Morgan fingerprint density at radius 2 is 1.76 bits per heavy atom. The summed E-state index contributed by atoms with van der Waals surface area (Å²) in [4.78, 5) is 35.2. The number of anilines is 1. The average Bonchev–Trinajstić information content (AvgIpc) is 2.67. The summed E-state index contributed by atoms with van der Waals surface area (Å²) in [5.74, 6) is -0.640. The van der Waals surface area contributed by atoms with Gasteiger partial charge in [0.1, 0.15) is 5.58 Å². The van der Waals surface area contributed by atoms with E-state index in [1.807, 2.05) is 12.1 Å². The number of amides is 1. The first kappa shape index (κ1) is 22.1. The molecule has 0 bridgehead atoms. The zero-order chi connectivity index (χ0) is 21.4. The Labute approximate surface area is 170 Å². The van der Waals surface area contributed by atoms with E-state index in [-0.39, 0.29) is 17.5 Å². The van der Waals surface area contributed by atoms with Gasteiger partial charge >= 0.3 is 11.6 Å². The fourth-order valence-corrected chi connectivity index (χ4v) is 2.70. The van der Waals surface area contributed by atoms with Gasteiger partial charge in [-0.25, -0.2) is 9.59 Å². The van der Waals surface area contributed by atoms with Crippen molar-refractivity contribution in [3.8, 4) is 0 Å². The lowest BCUT2D eigenvalue weighted by Gasteiger charge is -2.07. The topological polar surface area (TPSA) is 85.6 Å². The maximum atomic E-state index is 12.2. The van der Waals surface area contributed by atoms with Crippen LogP contribution in [0.25, 0.3) is 11.0 Å². The van der Waals surface area contributed by atoms with Crippen molar-refractivity contribution in [1.29, 1.82) is 0 Å². The zero-order valence-electron chi connectivity index (χ0n) is 17.0. The predicted molar refractivity (Wildman–Crippen MR) is 114 cm³/mol. The van der Waals surface area contributed by atoms with E-state index in [1.165, 1.54) is 0 Å². The van der Waals surface area contributed by atoms with Crippen LogP contribution in [0.2, 0.25) is 0 Å². The van der Waals surface area contributed by atoms with Gasteiger partial charge in [0, 0.05) is 33.8 Å². The highest BCUT2D eigenvalue weighted by molar-refractivity contribution is 6.03. The smallest absolute Gasteiger partial charge is 0.339 e. The summed E-state index contributed by atoms with van der Waals surface area (Å²) < 4.78 is 10.5. The SMILES string of the molecule is C=C(C)C(=O)Nc1ccc2cc(CCCCCCOC(=O)C(=C)C)c(=O)oc2c1. The first-order valence-electron chi connectivity index (χ1n) is 9.64. The van der Waals surface area contributed by atoms with Crippen LogP contribution in [0, 0.1) is 0 Å². The molecule has 0 saturated heterocycles. The van der Waals surface area contributed by atoms with E-state index >= 15 is 0 Å². The van der Waals surface area contributed by atoms with Gasteiger partial charge in [-0.2, -0.15) is 0 Å². The molecular formula is C23H27NO5. The molecule has 0 radical (unpaired) electrons. The van der Waals surface area contributed by atoms with Crippen LogP contribution in [0.3, 0.4) is 0 Å². The van der Waals surface area contributed by atoms with Gasteiger partial charge in [-0.1, -0.05) is 26.0 Å². The number of hydrogen-bond donors (Lipinski definition) is 1. The van der Waals surface area contributed by atoms with Crippen LogP contribution < -0.4 is 10.9 Å². The quantitative estimate of drug-likeness (QED) is 0.275. The van der Waals surface area contributed by atoms with E-state index in [0.717, 1.165) is 31.1 Å². The molecule has 6 heteroatoms. The Bertz CT molecular complexity index is 986. The molecule has 1 aromatic carbocycles. The number of benzene rings is 1. The van der Waals surface area contributed by atoms with Crippen LogP contribution in [-0.4, -0.2) is 18.5 Å². The van der Waals surface area contributed by atoms with Gasteiger partial charge in [0.25, 0.3) is 5.91 Å². The summed E-state index contributed by atoms with van der Waals surface area (Å²) in [6.45, 7) is 10.8. The Hall–Kier alpha value is -3.15. The Kier molecular flexibility index (Phi) is 7.95. The number of hydrogen-bond acceptors (Lipinski definition) is 5. The summed E-state index contributed by atoms with van der Waals surface area (Å²) in [5, 5.41) is 3.51. The molecule has 0 saturated carbocycles. The van der Waals surface area contributed by atoms with Crippen LogP contribution in [0.1, 0.15) is 45.1 Å². The van der Waals surface area contributed by atoms with Crippen molar-refractivity contribution in [2.24, 2.45) is 0 Å². The summed E-state index contributed by atoms with van der Waals surface area (Å²) in [5.41, 5.74) is 2.04. The van der Waals surface area contributed by atoms with E-state index in [4.69, 9.17) is 9.15 Å². The molecule has 0 aliphatic heterocycles. The number of carbonyl (C=O) groups excluding carboxylic acids is 2. The first-order chi connectivity index (χ1) is 13.8. The number of rotatable bonds is 10. The maximum absolute atomic E-state index is 12.2. The highest BCUT2D eigenvalue weighted by Crippen LogP contribution is 2.20. The molecule has 154 valence electrons. The number of ether oxygens (including phenoxy) is 1. The minimum atomic E-state index is -0.365. The third kappa shape index (κ3) is 6.75. The number of carbonyl (C=O) groups is 2. The molecule has 0 fully saturated rings. The lowest BCUT2D eigenvalue weighted by molar-refractivity contribution is -0.139. The minimum absolute atomic E-state index is 0.280. The van der Waals surface area contributed by atoms with Crippen molar-refractivity contribution in [2.45, 2.75) is 46.0 Å². The second-order valence-electron chi connectivity index (χ2n) is 7.13. The fraction of sp³-hybridized carbons (Fsp3) is 0.348. The fourth-order valence-electron chi connectivity index (χ4n) is 2.70. The van der Waals surface area contributed by atoms with Gasteiger partial charge in [-0.15, -0.1) is 0 Å². The highest BCUT2D eigenvalue weighted by atomic mass is 16.5. The number of esters is 1. The third-order valence-electron chi connectivity index (χ3n) is 4.38. The molecule has 6 nitrogen and oxygen atoms in total. The van der Waals surface area contributed by atoms with Gasteiger partial charge in [0.15, 0.2) is 0 Å². The van der Waals surface area contributed by atoms with Crippen molar-refractivity contribution in [2.75, 3.05) is 11.9 Å². The van der Waals surface area contributed by atoms with E-state index in [1.54, 1.807) is 26.0 Å². The Morgan fingerprint density at radius 1 is 1.03 bits per heavy atom. The minimum Gasteiger partial charge on any atom is -0.462 e. The molecule has 2 aromatic rings. The second kappa shape index (κ2) is 10.4. The average molecular weight is 397 g/mol. The van der Waals surface area contributed by atoms with Crippen molar-refractivity contribution < 1.29 is 18.7 Å². The molecule has 1 N–H and O–H groups in total. The molecule has 1 amide bonds. The molecular weight excluding hydrogens is 370 g/mol. The molecule has 2 rings (SSSR count). The van der Waals surface area contributed by atoms with Crippen molar-refractivity contribution in [1.82, 2.24) is 0 Å². The van der Waals surface area contributed by atoms with E-state index in [9.17, 15) is 14.4 Å². The highest BCUT2D eigenvalue weighted by Gasteiger charge is 2.08. The lowest BCUT2D eigenvalue weighted by Crippen LogP contribution is -2.12. The number of nitrogens with one attached hydrogen (secondary N) is 1. The Balaban J connectivity index is 1.87. The summed E-state index contributed by atoms with van der Waals surface area (Å²) in [7, 11) is 0. The molecule has 0 unspecified atom stereocenters. The number of aryl methyl sites for hydroxylation is 1. The first-order valence-corrected chi connectivity index (χ1v) is 9.64. The summed E-state index contributed by atoms with van der Waals surface area (Å²) in [6.07, 6.45) is 4.08. The van der Waals surface area contributed by atoms with Gasteiger partial charge in [-0.3, -0.25) is 4.79 Å². The van der Waals surface area contributed by atoms with Gasteiger partial charge in [0.2, 0.25) is 0 Å². The molecule has 0 atom stereocenters. The van der Waals surface area contributed by atoms with Crippen molar-refractivity contribution in [3.63, 3.8) is 0 Å². The van der Waals surface area contributed by atoms with Gasteiger partial charge in [-0.05, 0) is 51.3 Å². The third-order valence-corrected chi connectivity index (χ3v) is 4.38. The van der Waals surface area contributed by atoms with Crippen molar-refractivity contribution >= 4 is 28.5 Å². The number of unbranched alkanes of at least 4 members (excludes halogenated alkanes) is 3. The van der Waals surface area contributed by atoms with E-state index in [0.29, 0.717) is 41.0 Å². The second-order valence-corrected chi connectivity index (χ2v) is 7.13.